The third-order valence-electron chi connectivity index (χ3n) is 5.56. The molecular formula is C23H36N4O4. The van der Waals surface area contributed by atoms with Gasteiger partial charge in [-0.15, -0.1) is 0 Å². The minimum absolute atomic E-state index is 0.0411. The number of hydrogen-bond acceptors (Lipinski definition) is 6. The fourth-order valence-corrected chi connectivity index (χ4v) is 3.83. The van der Waals surface area contributed by atoms with E-state index in [-0.39, 0.29) is 30.1 Å². The highest BCUT2D eigenvalue weighted by molar-refractivity contribution is 5.82. The smallest absolute Gasteiger partial charge is 0.410 e. The highest BCUT2D eigenvalue weighted by atomic mass is 16.6. The lowest BCUT2D eigenvalue weighted by Crippen LogP contribution is -2.56. The number of nitrogens with one attached hydrogen (secondary N) is 3. The van der Waals surface area contributed by atoms with Gasteiger partial charge in [-0.3, -0.25) is 9.63 Å². The van der Waals surface area contributed by atoms with Gasteiger partial charge in [0.15, 0.2) is 0 Å². The van der Waals surface area contributed by atoms with Crippen LogP contribution in [0, 0.1) is 0 Å². The van der Waals surface area contributed by atoms with Gasteiger partial charge < -0.3 is 20.3 Å². The number of hydroxylamine groups is 1. The fourth-order valence-electron chi connectivity index (χ4n) is 3.83. The van der Waals surface area contributed by atoms with Crippen LogP contribution in [0.1, 0.15) is 52.0 Å². The van der Waals surface area contributed by atoms with E-state index in [1.807, 2.05) is 51.1 Å². The Morgan fingerprint density at radius 1 is 1.06 bits per heavy atom. The van der Waals surface area contributed by atoms with Crippen LogP contribution >= 0.6 is 0 Å². The number of rotatable bonds is 6. The Bertz CT molecular complexity index is 706. The van der Waals surface area contributed by atoms with Crippen LogP contribution in [0.5, 0.6) is 0 Å². The lowest BCUT2D eigenvalue weighted by molar-refractivity contribution is -0.125. The van der Waals surface area contributed by atoms with Crippen molar-refractivity contribution < 1.29 is 19.2 Å². The summed E-state index contributed by atoms with van der Waals surface area (Å²) in [5.74, 6) is 0.0411. The van der Waals surface area contributed by atoms with Gasteiger partial charge in [-0.1, -0.05) is 30.3 Å². The maximum atomic E-state index is 12.6. The third kappa shape index (κ3) is 7.79. The molecule has 0 aromatic heterocycles. The van der Waals surface area contributed by atoms with Crippen LogP contribution < -0.4 is 16.1 Å². The van der Waals surface area contributed by atoms with Gasteiger partial charge >= 0.3 is 6.09 Å². The zero-order valence-corrected chi connectivity index (χ0v) is 18.9. The van der Waals surface area contributed by atoms with Crippen LogP contribution in [0.3, 0.4) is 0 Å². The first-order valence-corrected chi connectivity index (χ1v) is 11.2. The van der Waals surface area contributed by atoms with E-state index in [1.54, 1.807) is 4.90 Å². The molecule has 0 aliphatic carbocycles. The predicted molar refractivity (Wildman–Crippen MR) is 118 cm³/mol. The van der Waals surface area contributed by atoms with Gasteiger partial charge in [0.25, 0.3) is 0 Å². The van der Waals surface area contributed by atoms with E-state index in [0.29, 0.717) is 26.2 Å². The van der Waals surface area contributed by atoms with E-state index < -0.39 is 5.60 Å². The fraction of sp³-hybridized carbons (Fsp3) is 0.652. The van der Waals surface area contributed by atoms with E-state index >= 15 is 0 Å². The van der Waals surface area contributed by atoms with E-state index in [4.69, 9.17) is 9.57 Å². The summed E-state index contributed by atoms with van der Waals surface area (Å²) >= 11 is 0. The van der Waals surface area contributed by atoms with Crippen molar-refractivity contribution in [3.63, 3.8) is 0 Å². The largest absolute Gasteiger partial charge is 0.444 e. The van der Waals surface area contributed by atoms with Crippen LogP contribution in [0.2, 0.25) is 0 Å². The molecule has 2 aliphatic heterocycles. The van der Waals surface area contributed by atoms with E-state index in [0.717, 1.165) is 31.2 Å². The van der Waals surface area contributed by atoms with Crippen LogP contribution in [-0.2, 0) is 21.0 Å². The molecule has 2 amide bonds. The molecule has 0 radical (unpaired) electrons. The van der Waals surface area contributed by atoms with Gasteiger partial charge in [0.1, 0.15) is 5.60 Å². The highest BCUT2D eigenvalue weighted by Crippen LogP contribution is 2.16. The van der Waals surface area contributed by atoms with Crippen molar-refractivity contribution in [3.05, 3.63) is 35.9 Å². The van der Waals surface area contributed by atoms with Gasteiger partial charge in [-0.25, -0.2) is 4.79 Å². The molecule has 2 saturated heterocycles. The average molecular weight is 433 g/mol. The van der Waals surface area contributed by atoms with Crippen molar-refractivity contribution in [2.45, 2.75) is 76.8 Å². The second-order valence-electron chi connectivity index (χ2n) is 9.38. The molecule has 1 aromatic rings. The lowest BCUT2D eigenvalue weighted by Gasteiger charge is -2.35. The number of nitrogens with zero attached hydrogens (tertiary/aromatic N) is 1. The predicted octanol–water partition coefficient (Wildman–Crippen LogP) is 2.34. The molecule has 2 heterocycles. The average Bonchev–Trinajstić information content (AvgIpc) is 2.74. The summed E-state index contributed by atoms with van der Waals surface area (Å²) in [4.78, 5) is 32.1. The Morgan fingerprint density at radius 2 is 1.77 bits per heavy atom. The molecule has 3 rings (SSSR count). The summed E-state index contributed by atoms with van der Waals surface area (Å²) in [6.07, 6.45) is 2.84. The number of amides is 2. The Morgan fingerprint density at radius 3 is 2.39 bits per heavy atom. The van der Waals surface area contributed by atoms with Crippen LogP contribution in [0.4, 0.5) is 4.79 Å². The zero-order chi connectivity index (χ0) is 22.3. The number of benzene rings is 1. The van der Waals surface area contributed by atoms with Crippen molar-refractivity contribution in [2.75, 3.05) is 19.6 Å². The zero-order valence-electron chi connectivity index (χ0n) is 18.9. The quantitative estimate of drug-likeness (QED) is 0.598. The Balaban J connectivity index is 1.31. The van der Waals surface area contributed by atoms with Crippen molar-refractivity contribution in [1.29, 1.82) is 0 Å². The van der Waals surface area contributed by atoms with Crippen LogP contribution in [0.15, 0.2) is 30.3 Å². The first kappa shape index (κ1) is 23.5. The number of hydrogen-bond donors (Lipinski definition) is 3. The molecule has 0 bridgehead atoms. The molecule has 172 valence electrons. The number of likely N-dealkylation sites (tertiary alicyclic amines) is 1. The third-order valence-corrected chi connectivity index (χ3v) is 5.56. The van der Waals surface area contributed by atoms with E-state index in [1.165, 1.54) is 0 Å². The summed E-state index contributed by atoms with van der Waals surface area (Å²) in [5, 5.41) is 6.46. The van der Waals surface area contributed by atoms with Gasteiger partial charge in [0.2, 0.25) is 5.91 Å². The molecule has 8 nitrogen and oxygen atoms in total. The second-order valence-corrected chi connectivity index (χ2v) is 9.38. The standard InChI is InChI=1S/C23H36N4O4/c1-23(2,3)31-22(29)27-13-11-18(12-14-27)25-21(28)20-10-9-19(15-24-20)26-30-16-17-7-5-4-6-8-17/h4-8,18-20,24,26H,9-16H2,1-3H3,(H,25,28)/t19?,20-/m0/s1. The maximum Gasteiger partial charge on any atom is 0.410 e. The molecule has 2 atom stereocenters. The van der Waals surface area contributed by atoms with Crippen LogP contribution in [0.25, 0.3) is 0 Å². The normalized spacial score (nSPS) is 22.7. The van der Waals surface area contributed by atoms with E-state index in [9.17, 15) is 9.59 Å². The lowest BCUT2D eigenvalue weighted by atomic mass is 9.99. The molecular weight excluding hydrogens is 396 g/mol. The van der Waals surface area contributed by atoms with Crippen molar-refractivity contribution in [1.82, 2.24) is 21.0 Å². The van der Waals surface area contributed by atoms with E-state index in [2.05, 4.69) is 16.1 Å². The summed E-state index contributed by atoms with van der Waals surface area (Å²) < 4.78 is 5.43. The SMILES string of the molecule is CC(C)(C)OC(=O)N1CCC(NC(=O)[C@@H]2CCC(NOCc3ccccc3)CN2)CC1. The number of carbonyl (C=O) groups is 2. The maximum absolute atomic E-state index is 12.6. The topological polar surface area (TPSA) is 91.9 Å². The number of ether oxygens (including phenoxy) is 1. The Labute approximate surface area is 185 Å². The van der Waals surface area contributed by atoms with Gasteiger partial charge in [-0.05, 0) is 52.0 Å². The molecule has 2 aliphatic rings. The Kier molecular flexibility index (Phi) is 8.28. The first-order chi connectivity index (χ1) is 14.8. The van der Waals surface area contributed by atoms with Gasteiger partial charge in [-0.2, -0.15) is 5.48 Å². The minimum atomic E-state index is -0.492. The molecule has 0 spiro atoms. The van der Waals surface area contributed by atoms with Gasteiger partial charge in [0.05, 0.1) is 12.6 Å². The molecule has 8 heteroatoms. The second kappa shape index (κ2) is 10.9. The summed E-state index contributed by atoms with van der Waals surface area (Å²) in [6.45, 7) is 8.00. The van der Waals surface area contributed by atoms with Crippen LogP contribution in [-0.4, -0.2) is 60.3 Å². The summed E-state index contributed by atoms with van der Waals surface area (Å²) in [6, 6.07) is 10.1. The minimum Gasteiger partial charge on any atom is -0.444 e. The molecule has 1 aromatic carbocycles. The van der Waals surface area contributed by atoms with Crippen molar-refractivity contribution >= 4 is 12.0 Å². The highest BCUT2D eigenvalue weighted by Gasteiger charge is 2.30. The van der Waals surface area contributed by atoms with Crippen molar-refractivity contribution in [2.24, 2.45) is 0 Å². The summed E-state index contributed by atoms with van der Waals surface area (Å²) in [7, 11) is 0. The molecule has 2 fully saturated rings. The number of carbonyl (C=O) groups excluding carboxylic acids is 2. The monoisotopic (exact) mass is 432 g/mol. The summed E-state index contributed by atoms with van der Waals surface area (Å²) in [5.41, 5.74) is 3.73. The number of piperidine rings is 2. The molecule has 31 heavy (non-hydrogen) atoms. The first-order valence-electron chi connectivity index (χ1n) is 11.2. The Hall–Kier alpha value is -2.16. The van der Waals surface area contributed by atoms with Crippen molar-refractivity contribution in [3.8, 4) is 0 Å². The molecule has 0 saturated carbocycles. The molecule has 1 unspecified atom stereocenters. The molecule has 3 N–H and O–H groups in total. The van der Waals surface area contributed by atoms with Gasteiger partial charge in [0, 0.05) is 31.7 Å².